The highest BCUT2D eigenvalue weighted by Crippen LogP contribution is 2.14. The molecule has 10 heteroatoms. The van der Waals surface area contributed by atoms with Crippen molar-refractivity contribution in [3.63, 3.8) is 0 Å². The summed E-state index contributed by atoms with van der Waals surface area (Å²) in [6.07, 6.45) is 6.13. The Hall–Kier alpha value is -3.43. The first-order chi connectivity index (χ1) is 12.4. The first-order valence-corrected chi connectivity index (χ1v) is 8.01. The van der Waals surface area contributed by atoms with Crippen LogP contribution in [0.2, 0.25) is 0 Å². The lowest BCUT2D eigenvalue weighted by Gasteiger charge is -2.04. The van der Waals surface area contributed by atoms with Crippen LogP contribution < -0.4 is 5.32 Å². The third kappa shape index (κ3) is 3.21. The maximum absolute atomic E-state index is 12.4. The molecule has 0 bridgehead atoms. The normalized spacial score (nSPS) is 10.9. The number of amides is 1. The van der Waals surface area contributed by atoms with Crippen molar-refractivity contribution in [3.05, 3.63) is 47.3 Å². The maximum atomic E-state index is 12.4. The minimum atomic E-state index is -1.21. The second-order valence-electron chi connectivity index (χ2n) is 5.79. The summed E-state index contributed by atoms with van der Waals surface area (Å²) >= 11 is 0. The summed E-state index contributed by atoms with van der Waals surface area (Å²) < 4.78 is 4.81. The lowest BCUT2D eigenvalue weighted by atomic mass is 10.2. The number of rotatable bonds is 6. The number of anilines is 1. The van der Waals surface area contributed by atoms with Crippen molar-refractivity contribution in [2.45, 2.75) is 26.9 Å². The molecule has 0 saturated heterocycles. The molecular weight excluding hydrogens is 338 g/mol. The first-order valence-electron chi connectivity index (χ1n) is 8.01. The molecule has 3 aromatic rings. The van der Waals surface area contributed by atoms with E-state index in [1.165, 1.54) is 17.9 Å². The lowest BCUT2D eigenvalue weighted by Crippen LogP contribution is -2.19. The van der Waals surface area contributed by atoms with E-state index in [2.05, 4.69) is 20.6 Å². The summed E-state index contributed by atoms with van der Waals surface area (Å²) in [7, 11) is 1.51. The topological polar surface area (TPSA) is 120 Å². The van der Waals surface area contributed by atoms with Crippen molar-refractivity contribution in [3.8, 4) is 0 Å². The number of carboxylic acids is 1. The average Bonchev–Trinajstić information content (AvgIpc) is 3.28. The molecule has 0 aromatic carbocycles. The number of carbonyl (C=O) groups excluding carboxylic acids is 1. The molecule has 0 fully saturated rings. The second kappa shape index (κ2) is 6.82. The molecular formula is C16H19N7O3. The molecule has 3 heterocycles. The van der Waals surface area contributed by atoms with Crippen molar-refractivity contribution < 1.29 is 14.7 Å². The van der Waals surface area contributed by atoms with Gasteiger partial charge >= 0.3 is 5.97 Å². The van der Waals surface area contributed by atoms with Gasteiger partial charge in [-0.25, -0.2) is 4.79 Å². The van der Waals surface area contributed by atoms with Crippen LogP contribution in [-0.4, -0.2) is 46.3 Å². The summed E-state index contributed by atoms with van der Waals surface area (Å²) in [5.41, 5.74) is 2.39. The highest BCUT2D eigenvalue weighted by molar-refractivity contribution is 6.09. The molecule has 1 amide bonds. The first kappa shape index (κ1) is 17.4. The van der Waals surface area contributed by atoms with Gasteiger partial charge in [0, 0.05) is 31.0 Å². The third-order valence-corrected chi connectivity index (χ3v) is 4.11. The SMILES string of the molecule is CCn1ncc(Cn2cc(NC(=O)c3c(C(=O)O)cnn3C)cn2)c1C. The number of hydrogen-bond acceptors (Lipinski definition) is 5. The summed E-state index contributed by atoms with van der Waals surface area (Å²) in [4.78, 5) is 23.6. The minimum absolute atomic E-state index is 0.0229. The van der Waals surface area contributed by atoms with E-state index in [1.54, 1.807) is 17.1 Å². The number of carboxylic acid groups (broad SMARTS) is 1. The molecule has 3 rings (SSSR count). The van der Waals surface area contributed by atoms with Gasteiger partial charge in [-0.15, -0.1) is 0 Å². The third-order valence-electron chi connectivity index (χ3n) is 4.11. The van der Waals surface area contributed by atoms with Crippen molar-refractivity contribution in [2.75, 3.05) is 5.32 Å². The van der Waals surface area contributed by atoms with Crippen LogP contribution in [0.15, 0.2) is 24.8 Å². The van der Waals surface area contributed by atoms with Gasteiger partial charge < -0.3 is 10.4 Å². The molecule has 136 valence electrons. The van der Waals surface area contributed by atoms with Gasteiger partial charge in [-0.3, -0.25) is 18.8 Å². The van der Waals surface area contributed by atoms with Crippen LogP contribution in [0.5, 0.6) is 0 Å². The van der Waals surface area contributed by atoms with Crippen LogP contribution >= 0.6 is 0 Å². The van der Waals surface area contributed by atoms with E-state index in [1.807, 2.05) is 18.5 Å². The van der Waals surface area contributed by atoms with Crippen LogP contribution in [0, 0.1) is 6.92 Å². The van der Waals surface area contributed by atoms with Crippen LogP contribution in [-0.2, 0) is 20.1 Å². The van der Waals surface area contributed by atoms with E-state index in [4.69, 9.17) is 5.11 Å². The van der Waals surface area contributed by atoms with E-state index in [0.717, 1.165) is 24.0 Å². The number of aromatic nitrogens is 6. The predicted molar refractivity (Wildman–Crippen MR) is 92.1 cm³/mol. The van der Waals surface area contributed by atoms with Crippen LogP contribution in [0.3, 0.4) is 0 Å². The summed E-state index contributed by atoms with van der Waals surface area (Å²) in [6, 6.07) is 0. The van der Waals surface area contributed by atoms with Crippen molar-refractivity contribution >= 4 is 17.6 Å². The second-order valence-corrected chi connectivity index (χ2v) is 5.79. The Kier molecular flexibility index (Phi) is 4.57. The smallest absolute Gasteiger partial charge is 0.339 e. The summed E-state index contributed by atoms with van der Waals surface area (Å²) in [6.45, 7) is 5.33. The van der Waals surface area contributed by atoms with Gasteiger partial charge in [0.05, 0.1) is 30.8 Å². The van der Waals surface area contributed by atoms with E-state index < -0.39 is 11.9 Å². The fraction of sp³-hybridized carbons (Fsp3) is 0.312. The Balaban J connectivity index is 1.74. The quantitative estimate of drug-likeness (QED) is 0.683. The van der Waals surface area contributed by atoms with E-state index in [0.29, 0.717) is 12.2 Å². The van der Waals surface area contributed by atoms with Crippen molar-refractivity contribution in [2.24, 2.45) is 7.05 Å². The molecule has 10 nitrogen and oxygen atoms in total. The number of aryl methyl sites for hydroxylation is 2. The minimum Gasteiger partial charge on any atom is -0.478 e. The Morgan fingerprint density at radius 1 is 1.19 bits per heavy atom. The van der Waals surface area contributed by atoms with E-state index in [9.17, 15) is 9.59 Å². The summed E-state index contributed by atoms with van der Waals surface area (Å²) in [5, 5.41) is 24.2. The fourth-order valence-electron chi connectivity index (χ4n) is 2.70. The largest absolute Gasteiger partial charge is 0.478 e. The van der Waals surface area contributed by atoms with Crippen molar-refractivity contribution in [1.82, 2.24) is 29.3 Å². The molecule has 0 radical (unpaired) electrons. The van der Waals surface area contributed by atoms with Gasteiger partial charge in [-0.05, 0) is 13.8 Å². The fourth-order valence-corrected chi connectivity index (χ4v) is 2.70. The Labute approximate surface area is 149 Å². The standard InChI is InChI=1S/C16H19N7O3/c1-4-23-10(2)11(5-19-23)8-22-9-12(6-18-22)20-15(24)14-13(16(25)26)7-17-21(14)3/h5-7,9H,4,8H2,1-3H3,(H,20,24)(H,25,26). The van der Waals surface area contributed by atoms with E-state index in [-0.39, 0.29) is 11.3 Å². The van der Waals surface area contributed by atoms with Gasteiger partial charge in [0.1, 0.15) is 11.3 Å². The number of nitrogens with one attached hydrogen (secondary N) is 1. The van der Waals surface area contributed by atoms with E-state index >= 15 is 0 Å². The molecule has 0 saturated carbocycles. The van der Waals surface area contributed by atoms with Gasteiger partial charge in [0.15, 0.2) is 0 Å². The zero-order valence-electron chi connectivity index (χ0n) is 14.7. The molecule has 0 spiro atoms. The number of carbonyl (C=O) groups is 2. The van der Waals surface area contributed by atoms with Crippen LogP contribution in [0.4, 0.5) is 5.69 Å². The number of aromatic carboxylic acids is 1. The van der Waals surface area contributed by atoms with Gasteiger partial charge in [0.2, 0.25) is 0 Å². The lowest BCUT2D eigenvalue weighted by molar-refractivity contribution is 0.0692. The maximum Gasteiger partial charge on any atom is 0.339 e. The summed E-state index contributed by atoms with van der Waals surface area (Å²) in [5.74, 6) is -1.76. The molecule has 0 atom stereocenters. The number of nitrogens with zero attached hydrogens (tertiary/aromatic N) is 6. The molecule has 26 heavy (non-hydrogen) atoms. The van der Waals surface area contributed by atoms with Crippen LogP contribution in [0.25, 0.3) is 0 Å². The molecule has 0 aliphatic carbocycles. The Morgan fingerprint density at radius 2 is 1.96 bits per heavy atom. The molecule has 0 aliphatic heterocycles. The monoisotopic (exact) mass is 357 g/mol. The average molecular weight is 357 g/mol. The molecule has 2 N–H and O–H groups in total. The van der Waals surface area contributed by atoms with Gasteiger partial charge in [-0.1, -0.05) is 0 Å². The predicted octanol–water partition coefficient (Wildman–Crippen LogP) is 1.14. The highest BCUT2D eigenvalue weighted by Gasteiger charge is 2.22. The molecule has 0 unspecified atom stereocenters. The highest BCUT2D eigenvalue weighted by atomic mass is 16.4. The number of hydrogen-bond donors (Lipinski definition) is 2. The molecule has 3 aromatic heterocycles. The van der Waals surface area contributed by atoms with Gasteiger partial charge in [-0.2, -0.15) is 15.3 Å². The van der Waals surface area contributed by atoms with Crippen molar-refractivity contribution in [1.29, 1.82) is 0 Å². The zero-order valence-corrected chi connectivity index (χ0v) is 14.7. The zero-order chi connectivity index (χ0) is 18.8. The van der Waals surface area contributed by atoms with Crippen LogP contribution in [0.1, 0.15) is 39.0 Å². The Bertz CT molecular complexity index is 967. The van der Waals surface area contributed by atoms with Gasteiger partial charge in [0.25, 0.3) is 5.91 Å². The molecule has 0 aliphatic rings. The Morgan fingerprint density at radius 3 is 2.62 bits per heavy atom.